The molecule has 0 spiro atoms. The molecule has 96 valence electrons. The van der Waals surface area contributed by atoms with Gasteiger partial charge in [0, 0.05) is 6.54 Å². The number of thiazole rings is 1. The molecule has 0 aliphatic carbocycles. The molecule has 7 heteroatoms. The number of nitrogens with zero attached hydrogens (tertiary/aromatic N) is 2. The van der Waals surface area contributed by atoms with Crippen LogP contribution in [0.1, 0.15) is 13.8 Å². The Labute approximate surface area is 107 Å². The van der Waals surface area contributed by atoms with Crippen molar-refractivity contribution in [3.05, 3.63) is 27.8 Å². The van der Waals surface area contributed by atoms with Crippen molar-refractivity contribution in [3.63, 3.8) is 0 Å². The second-order valence-corrected chi connectivity index (χ2v) is 5.47. The predicted molar refractivity (Wildman–Crippen MR) is 71.1 cm³/mol. The van der Waals surface area contributed by atoms with Gasteiger partial charge in [0.15, 0.2) is 5.52 Å². The molecular formula is C11H13N3O3S. The Kier molecular flexibility index (Phi) is 3.18. The molecule has 0 aliphatic heterocycles. The van der Waals surface area contributed by atoms with Gasteiger partial charge in [-0.2, -0.15) is 0 Å². The highest BCUT2D eigenvalue weighted by Crippen LogP contribution is 2.34. The van der Waals surface area contributed by atoms with Crippen molar-refractivity contribution >= 4 is 32.9 Å². The van der Waals surface area contributed by atoms with E-state index in [0.717, 1.165) is 4.70 Å². The number of aliphatic hydroxyl groups is 1. The summed E-state index contributed by atoms with van der Waals surface area (Å²) in [5, 5.41) is 23.7. The normalized spacial score (nSPS) is 11.7. The highest BCUT2D eigenvalue weighted by Gasteiger charge is 2.22. The van der Waals surface area contributed by atoms with Crippen LogP contribution in [0.4, 0.5) is 11.4 Å². The standard InChI is InChI=1S/C11H13N3O3S/c1-11(2,15)5-12-7-3-4-8-9(13-6-18-8)10(7)14(16)17/h3-4,6,12,15H,5H2,1-2H3. The van der Waals surface area contributed by atoms with Crippen LogP contribution < -0.4 is 5.32 Å². The zero-order valence-corrected chi connectivity index (χ0v) is 10.8. The molecule has 6 nitrogen and oxygen atoms in total. The molecule has 1 aromatic heterocycles. The van der Waals surface area contributed by atoms with Crippen LogP contribution >= 0.6 is 11.3 Å². The summed E-state index contributed by atoms with van der Waals surface area (Å²) in [4.78, 5) is 14.7. The second-order valence-electron chi connectivity index (χ2n) is 4.58. The van der Waals surface area contributed by atoms with Crippen LogP contribution in [0.3, 0.4) is 0 Å². The molecule has 0 amide bonds. The van der Waals surface area contributed by atoms with Gasteiger partial charge >= 0.3 is 5.69 Å². The lowest BCUT2D eigenvalue weighted by molar-refractivity contribution is -0.382. The van der Waals surface area contributed by atoms with Gasteiger partial charge in [-0.15, -0.1) is 11.3 Å². The molecule has 0 saturated carbocycles. The summed E-state index contributed by atoms with van der Waals surface area (Å²) in [6.45, 7) is 3.49. The van der Waals surface area contributed by atoms with Crippen molar-refractivity contribution in [3.8, 4) is 0 Å². The summed E-state index contributed by atoms with van der Waals surface area (Å²) in [5.74, 6) is 0. The average molecular weight is 267 g/mol. The van der Waals surface area contributed by atoms with Gasteiger partial charge < -0.3 is 10.4 Å². The second kappa shape index (κ2) is 4.51. The molecule has 0 fully saturated rings. The summed E-state index contributed by atoms with van der Waals surface area (Å²) in [5.41, 5.74) is 1.35. The quantitative estimate of drug-likeness (QED) is 0.656. The number of nitro benzene ring substituents is 1. The van der Waals surface area contributed by atoms with Crippen LogP contribution in [0, 0.1) is 10.1 Å². The summed E-state index contributed by atoms with van der Waals surface area (Å²) < 4.78 is 0.774. The van der Waals surface area contributed by atoms with Crippen LogP contribution in [0.5, 0.6) is 0 Å². The van der Waals surface area contributed by atoms with Gasteiger partial charge in [0.1, 0.15) is 5.69 Å². The monoisotopic (exact) mass is 267 g/mol. The number of hydrogen-bond donors (Lipinski definition) is 2. The minimum Gasteiger partial charge on any atom is -0.389 e. The summed E-state index contributed by atoms with van der Waals surface area (Å²) in [6.07, 6.45) is 0. The third kappa shape index (κ3) is 2.57. The molecule has 18 heavy (non-hydrogen) atoms. The van der Waals surface area contributed by atoms with E-state index in [1.165, 1.54) is 11.3 Å². The van der Waals surface area contributed by atoms with E-state index >= 15 is 0 Å². The molecule has 0 radical (unpaired) electrons. The minimum atomic E-state index is -0.940. The highest BCUT2D eigenvalue weighted by atomic mass is 32.1. The van der Waals surface area contributed by atoms with E-state index in [0.29, 0.717) is 11.2 Å². The molecule has 2 N–H and O–H groups in total. The van der Waals surface area contributed by atoms with E-state index in [9.17, 15) is 15.2 Å². The summed E-state index contributed by atoms with van der Waals surface area (Å²) in [6, 6.07) is 3.43. The van der Waals surface area contributed by atoms with Gasteiger partial charge in [-0.1, -0.05) is 0 Å². The molecule has 0 atom stereocenters. The van der Waals surface area contributed by atoms with Crippen LogP contribution in [-0.2, 0) is 0 Å². The maximum absolute atomic E-state index is 11.1. The van der Waals surface area contributed by atoms with Gasteiger partial charge in [-0.05, 0) is 26.0 Å². The number of nitrogens with one attached hydrogen (secondary N) is 1. The van der Waals surface area contributed by atoms with Crippen molar-refractivity contribution in [2.75, 3.05) is 11.9 Å². The van der Waals surface area contributed by atoms with Crippen LogP contribution in [-0.4, -0.2) is 27.2 Å². The van der Waals surface area contributed by atoms with Crippen molar-refractivity contribution in [1.82, 2.24) is 4.98 Å². The third-order valence-electron chi connectivity index (χ3n) is 2.37. The lowest BCUT2D eigenvalue weighted by Crippen LogP contribution is -2.29. The van der Waals surface area contributed by atoms with E-state index in [1.54, 1.807) is 31.5 Å². The molecule has 0 unspecified atom stereocenters. The van der Waals surface area contributed by atoms with Gasteiger partial charge in [-0.3, -0.25) is 10.1 Å². The zero-order valence-electron chi connectivity index (χ0n) is 10.0. The largest absolute Gasteiger partial charge is 0.389 e. The number of nitro groups is 1. The Bertz CT molecular complexity index is 589. The lowest BCUT2D eigenvalue weighted by Gasteiger charge is -2.18. The Balaban J connectivity index is 2.43. The maximum Gasteiger partial charge on any atom is 0.319 e. The number of benzene rings is 1. The number of anilines is 1. The topological polar surface area (TPSA) is 88.3 Å². The molecule has 2 aromatic rings. The van der Waals surface area contributed by atoms with Gasteiger partial charge in [0.25, 0.3) is 0 Å². The van der Waals surface area contributed by atoms with E-state index in [1.807, 2.05) is 0 Å². The molecule has 2 rings (SSSR count). The first-order chi connectivity index (χ1) is 8.38. The first-order valence-electron chi connectivity index (χ1n) is 5.35. The predicted octanol–water partition coefficient (Wildman–Crippen LogP) is 2.39. The van der Waals surface area contributed by atoms with Gasteiger partial charge in [-0.25, -0.2) is 4.98 Å². The fourth-order valence-electron chi connectivity index (χ4n) is 1.56. The lowest BCUT2D eigenvalue weighted by atomic mass is 10.1. The zero-order chi connectivity index (χ0) is 13.3. The highest BCUT2D eigenvalue weighted by molar-refractivity contribution is 7.16. The number of hydrogen-bond acceptors (Lipinski definition) is 6. The molecule has 1 aromatic carbocycles. The molecule has 0 aliphatic rings. The Hall–Kier alpha value is -1.73. The van der Waals surface area contributed by atoms with E-state index in [2.05, 4.69) is 10.3 Å². The Morgan fingerprint density at radius 1 is 1.56 bits per heavy atom. The van der Waals surface area contributed by atoms with Crippen LogP contribution in [0.25, 0.3) is 10.2 Å². The van der Waals surface area contributed by atoms with Crippen molar-refractivity contribution in [2.45, 2.75) is 19.4 Å². The number of fused-ring (bicyclic) bond motifs is 1. The summed E-state index contributed by atoms with van der Waals surface area (Å²) >= 11 is 1.36. The Morgan fingerprint density at radius 2 is 2.28 bits per heavy atom. The van der Waals surface area contributed by atoms with Crippen molar-refractivity contribution in [2.24, 2.45) is 0 Å². The van der Waals surface area contributed by atoms with Gasteiger partial charge in [0.05, 0.1) is 20.7 Å². The van der Waals surface area contributed by atoms with Crippen molar-refractivity contribution < 1.29 is 10.0 Å². The Morgan fingerprint density at radius 3 is 2.89 bits per heavy atom. The molecule has 0 saturated heterocycles. The summed E-state index contributed by atoms with van der Waals surface area (Å²) in [7, 11) is 0. The van der Waals surface area contributed by atoms with Crippen molar-refractivity contribution in [1.29, 1.82) is 0 Å². The molecule has 1 heterocycles. The van der Waals surface area contributed by atoms with Crippen LogP contribution in [0.15, 0.2) is 17.6 Å². The van der Waals surface area contributed by atoms with Gasteiger partial charge in [0.2, 0.25) is 0 Å². The van der Waals surface area contributed by atoms with E-state index in [-0.39, 0.29) is 12.2 Å². The van der Waals surface area contributed by atoms with Crippen LogP contribution in [0.2, 0.25) is 0 Å². The number of rotatable bonds is 4. The minimum absolute atomic E-state index is 0.0435. The van der Waals surface area contributed by atoms with E-state index < -0.39 is 10.5 Å². The molecular weight excluding hydrogens is 254 g/mol. The average Bonchev–Trinajstić information content (AvgIpc) is 2.71. The first kappa shape index (κ1) is 12.7. The third-order valence-corrected chi connectivity index (χ3v) is 3.16. The van der Waals surface area contributed by atoms with E-state index in [4.69, 9.17) is 0 Å². The smallest absolute Gasteiger partial charge is 0.319 e. The molecule has 0 bridgehead atoms. The maximum atomic E-state index is 11.1. The fraction of sp³-hybridized carbons (Fsp3) is 0.364. The SMILES string of the molecule is CC(C)(O)CNc1ccc2scnc2c1[N+](=O)[O-]. The first-order valence-corrected chi connectivity index (χ1v) is 6.23. The fourth-order valence-corrected chi connectivity index (χ4v) is 2.24. The number of aromatic nitrogens is 1.